The summed E-state index contributed by atoms with van der Waals surface area (Å²) in [6.07, 6.45) is 12.3. The van der Waals surface area contributed by atoms with E-state index in [4.69, 9.17) is 4.74 Å². The summed E-state index contributed by atoms with van der Waals surface area (Å²) in [6, 6.07) is 3.24. The first kappa shape index (κ1) is 18.0. The predicted octanol–water partition coefficient (Wildman–Crippen LogP) is 6.73. The summed E-state index contributed by atoms with van der Waals surface area (Å²) in [6.45, 7) is 3.99. The van der Waals surface area contributed by atoms with Crippen LogP contribution in [0.4, 0.5) is 8.78 Å². The quantitative estimate of drug-likeness (QED) is 0.399. The van der Waals surface area contributed by atoms with Crippen molar-refractivity contribution in [1.29, 1.82) is 0 Å². The lowest BCUT2D eigenvalue weighted by Gasteiger charge is -2.29. The number of allylic oxidation sites excluding steroid dienone is 1. The molecular formula is C20H28F2O. The van der Waals surface area contributed by atoms with E-state index in [1.807, 2.05) is 0 Å². The zero-order valence-electron chi connectivity index (χ0n) is 14.3. The third-order valence-corrected chi connectivity index (χ3v) is 4.91. The van der Waals surface area contributed by atoms with Gasteiger partial charge in [-0.1, -0.05) is 44.7 Å². The smallest absolute Gasteiger partial charge is 0.201 e. The number of hydrogen-bond acceptors (Lipinski definition) is 1. The van der Waals surface area contributed by atoms with E-state index in [1.54, 1.807) is 25.1 Å². The molecule has 0 bridgehead atoms. The zero-order valence-corrected chi connectivity index (χ0v) is 14.3. The van der Waals surface area contributed by atoms with E-state index in [-0.39, 0.29) is 11.7 Å². The molecule has 0 aromatic heterocycles. The Labute approximate surface area is 138 Å². The normalized spacial score (nSPS) is 21.7. The van der Waals surface area contributed by atoms with Gasteiger partial charge in [0.05, 0.1) is 6.26 Å². The lowest BCUT2D eigenvalue weighted by molar-refractivity contribution is 0.297. The van der Waals surface area contributed by atoms with Crippen molar-refractivity contribution in [1.82, 2.24) is 0 Å². The molecule has 1 fully saturated rings. The molecule has 0 saturated heterocycles. The third-order valence-electron chi connectivity index (χ3n) is 4.91. The SMILES string of the molecule is CC=COc1ccc(C2CCC(CCCCC)CC2)c(F)c1F. The van der Waals surface area contributed by atoms with Crippen molar-refractivity contribution in [3.05, 3.63) is 41.7 Å². The molecule has 1 aromatic rings. The molecule has 0 spiro atoms. The largest absolute Gasteiger partial charge is 0.462 e. The summed E-state index contributed by atoms with van der Waals surface area (Å²) < 4.78 is 33.5. The monoisotopic (exact) mass is 322 g/mol. The summed E-state index contributed by atoms with van der Waals surface area (Å²) in [5.74, 6) is -0.740. The second-order valence-corrected chi connectivity index (χ2v) is 6.58. The van der Waals surface area contributed by atoms with Crippen molar-refractivity contribution >= 4 is 0 Å². The Balaban J connectivity index is 1.97. The molecule has 0 amide bonds. The van der Waals surface area contributed by atoms with Crippen molar-refractivity contribution < 1.29 is 13.5 Å². The molecular weight excluding hydrogens is 294 g/mol. The first-order chi connectivity index (χ1) is 11.2. The topological polar surface area (TPSA) is 9.23 Å². The van der Waals surface area contributed by atoms with Crippen molar-refractivity contribution in [3.8, 4) is 5.75 Å². The van der Waals surface area contributed by atoms with E-state index >= 15 is 0 Å². The average molecular weight is 322 g/mol. The molecule has 0 atom stereocenters. The number of rotatable bonds is 7. The van der Waals surface area contributed by atoms with Gasteiger partial charge in [-0.25, -0.2) is 4.39 Å². The van der Waals surface area contributed by atoms with Gasteiger partial charge in [0.1, 0.15) is 0 Å². The van der Waals surface area contributed by atoms with Gasteiger partial charge >= 0.3 is 0 Å². The highest BCUT2D eigenvalue weighted by Crippen LogP contribution is 2.40. The number of benzene rings is 1. The van der Waals surface area contributed by atoms with E-state index in [0.29, 0.717) is 5.56 Å². The van der Waals surface area contributed by atoms with Gasteiger partial charge in [0, 0.05) is 0 Å². The van der Waals surface area contributed by atoms with Crippen LogP contribution in [0, 0.1) is 17.6 Å². The molecule has 2 rings (SSSR count). The fourth-order valence-corrected chi connectivity index (χ4v) is 3.54. The van der Waals surface area contributed by atoms with Crippen LogP contribution in [0.15, 0.2) is 24.5 Å². The van der Waals surface area contributed by atoms with Crippen LogP contribution in [-0.4, -0.2) is 0 Å². The minimum atomic E-state index is -0.870. The van der Waals surface area contributed by atoms with Crippen molar-refractivity contribution in [3.63, 3.8) is 0 Å². The molecule has 1 nitrogen and oxygen atoms in total. The molecule has 0 unspecified atom stereocenters. The number of ether oxygens (including phenoxy) is 1. The molecule has 1 aliphatic rings. The Hall–Kier alpha value is -1.38. The van der Waals surface area contributed by atoms with Crippen molar-refractivity contribution in [2.24, 2.45) is 5.92 Å². The Morgan fingerprint density at radius 3 is 2.48 bits per heavy atom. The van der Waals surface area contributed by atoms with Crippen molar-refractivity contribution in [2.45, 2.75) is 71.1 Å². The van der Waals surface area contributed by atoms with Gasteiger partial charge < -0.3 is 4.74 Å². The summed E-state index contributed by atoms with van der Waals surface area (Å²) in [5.41, 5.74) is 0.516. The van der Waals surface area contributed by atoms with Gasteiger partial charge in [-0.15, -0.1) is 0 Å². The zero-order chi connectivity index (χ0) is 16.7. The van der Waals surface area contributed by atoms with E-state index in [1.165, 1.54) is 31.9 Å². The summed E-state index contributed by atoms with van der Waals surface area (Å²) in [4.78, 5) is 0. The third kappa shape index (κ3) is 4.79. The number of unbranched alkanes of at least 4 members (excludes halogenated alkanes) is 2. The minimum absolute atomic E-state index is 0.0439. The highest BCUT2D eigenvalue weighted by Gasteiger charge is 2.26. The standard InChI is InChI=1S/C20H28F2O/c1-3-5-6-7-15-8-10-16(11-9-15)17-12-13-18(23-14-4-2)20(22)19(17)21/h4,12-16H,3,5-11H2,1-2H3. The van der Waals surface area contributed by atoms with E-state index < -0.39 is 11.6 Å². The van der Waals surface area contributed by atoms with Gasteiger partial charge in [-0.3, -0.25) is 0 Å². The minimum Gasteiger partial charge on any atom is -0.462 e. The lowest BCUT2D eigenvalue weighted by Crippen LogP contribution is -2.15. The van der Waals surface area contributed by atoms with E-state index in [0.717, 1.165) is 31.6 Å². The van der Waals surface area contributed by atoms with Crippen LogP contribution in [-0.2, 0) is 0 Å². The van der Waals surface area contributed by atoms with Gasteiger partial charge in [-0.2, -0.15) is 4.39 Å². The fourth-order valence-electron chi connectivity index (χ4n) is 3.54. The first-order valence-corrected chi connectivity index (χ1v) is 8.93. The van der Waals surface area contributed by atoms with Crippen LogP contribution in [0.1, 0.15) is 76.7 Å². The first-order valence-electron chi connectivity index (χ1n) is 8.93. The van der Waals surface area contributed by atoms with Crippen LogP contribution in [0.5, 0.6) is 5.75 Å². The highest BCUT2D eigenvalue weighted by molar-refractivity contribution is 5.33. The number of hydrogen-bond donors (Lipinski definition) is 0. The number of halogens is 2. The molecule has 1 aromatic carbocycles. The molecule has 128 valence electrons. The second-order valence-electron chi connectivity index (χ2n) is 6.58. The molecule has 1 aliphatic carbocycles. The van der Waals surface area contributed by atoms with Gasteiger partial charge in [0.15, 0.2) is 11.6 Å². The summed E-state index contributed by atoms with van der Waals surface area (Å²) >= 11 is 0. The molecule has 0 aliphatic heterocycles. The maximum atomic E-state index is 14.3. The highest BCUT2D eigenvalue weighted by atomic mass is 19.2. The Kier molecular flexibility index (Phi) is 7.07. The maximum absolute atomic E-state index is 14.3. The molecule has 0 heterocycles. The predicted molar refractivity (Wildman–Crippen MR) is 90.6 cm³/mol. The lowest BCUT2D eigenvalue weighted by atomic mass is 9.77. The van der Waals surface area contributed by atoms with Gasteiger partial charge in [0.25, 0.3) is 0 Å². The Morgan fingerprint density at radius 1 is 1.09 bits per heavy atom. The van der Waals surface area contributed by atoms with E-state index in [9.17, 15) is 8.78 Å². The van der Waals surface area contributed by atoms with Gasteiger partial charge in [0.2, 0.25) is 5.82 Å². The van der Waals surface area contributed by atoms with Crippen molar-refractivity contribution in [2.75, 3.05) is 0 Å². The fraction of sp³-hybridized carbons (Fsp3) is 0.600. The molecule has 0 radical (unpaired) electrons. The van der Waals surface area contributed by atoms with Crippen LogP contribution < -0.4 is 4.74 Å². The molecule has 0 N–H and O–H groups in total. The van der Waals surface area contributed by atoms with Crippen LogP contribution >= 0.6 is 0 Å². The van der Waals surface area contributed by atoms with Crippen LogP contribution in [0.3, 0.4) is 0 Å². The van der Waals surface area contributed by atoms with Gasteiger partial charge in [-0.05, 0) is 56.1 Å². The molecule has 1 saturated carbocycles. The second kappa shape index (κ2) is 9.05. The maximum Gasteiger partial charge on any atom is 0.201 e. The Morgan fingerprint density at radius 2 is 1.83 bits per heavy atom. The summed E-state index contributed by atoms with van der Waals surface area (Å²) in [5, 5.41) is 0. The summed E-state index contributed by atoms with van der Waals surface area (Å²) in [7, 11) is 0. The average Bonchev–Trinajstić information content (AvgIpc) is 2.57. The molecule has 23 heavy (non-hydrogen) atoms. The van der Waals surface area contributed by atoms with Crippen LogP contribution in [0.25, 0.3) is 0 Å². The van der Waals surface area contributed by atoms with E-state index in [2.05, 4.69) is 6.92 Å². The molecule has 3 heteroatoms. The van der Waals surface area contributed by atoms with Crippen LogP contribution in [0.2, 0.25) is 0 Å². The Bertz CT molecular complexity index is 517.